The number of aliphatic hydroxyl groups excluding tert-OH is 1. The molecule has 82 valence electrons. The molecule has 2 rings (SSSR count). The van der Waals surface area contributed by atoms with Crippen molar-refractivity contribution in [2.45, 2.75) is 31.8 Å². The zero-order valence-electron chi connectivity index (χ0n) is 9.24. The van der Waals surface area contributed by atoms with Gasteiger partial charge in [-0.15, -0.1) is 0 Å². The van der Waals surface area contributed by atoms with Gasteiger partial charge in [-0.2, -0.15) is 0 Å². The third kappa shape index (κ3) is 2.58. The Bertz CT molecular complexity index is 320. The Morgan fingerprint density at radius 2 is 2.13 bits per heavy atom. The maximum absolute atomic E-state index is 10.0. The Hall–Kier alpha value is -0.860. The van der Waals surface area contributed by atoms with E-state index in [2.05, 4.69) is 30.4 Å². The van der Waals surface area contributed by atoms with Crippen LogP contribution in [0, 0.1) is 0 Å². The maximum Gasteiger partial charge on any atom is 0.0917 e. The summed E-state index contributed by atoms with van der Waals surface area (Å²) in [6.07, 6.45) is 2.21. The molecular formula is C13H19NO. The molecule has 2 heteroatoms. The van der Waals surface area contributed by atoms with Gasteiger partial charge in [-0.05, 0) is 36.4 Å². The van der Waals surface area contributed by atoms with Crippen LogP contribution in [-0.2, 0) is 0 Å². The minimum absolute atomic E-state index is 0.359. The summed E-state index contributed by atoms with van der Waals surface area (Å²) in [4.78, 5) is 0. The van der Waals surface area contributed by atoms with Crippen molar-refractivity contribution in [3.63, 3.8) is 0 Å². The average molecular weight is 205 g/mol. The summed E-state index contributed by atoms with van der Waals surface area (Å²) in [6.45, 7) is 3.61. The molecule has 1 aliphatic carbocycles. The lowest BCUT2D eigenvalue weighted by Gasteiger charge is -2.15. The van der Waals surface area contributed by atoms with E-state index in [1.807, 2.05) is 6.07 Å². The van der Waals surface area contributed by atoms with Gasteiger partial charge < -0.3 is 10.4 Å². The van der Waals surface area contributed by atoms with Crippen molar-refractivity contribution in [1.82, 2.24) is 5.32 Å². The molecule has 1 saturated carbocycles. The largest absolute Gasteiger partial charge is 0.387 e. The number of aliphatic hydroxyl groups is 1. The van der Waals surface area contributed by atoms with Crippen molar-refractivity contribution in [3.8, 4) is 0 Å². The van der Waals surface area contributed by atoms with E-state index < -0.39 is 0 Å². The fourth-order valence-electron chi connectivity index (χ4n) is 1.97. The lowest BCUT2D eigenvalue weighted by Crippen LogP contribution is -2.21. The first-order chi connectivity index (χ1) is 7.33. The second kappa shape index (κ2) is 4.77. The second-order valence-corrected chi connectivity index (χ2v) is 4.23. The zero-order valence-corrected chi connectivity index (χ0v) is 9.24. The maximum atomic E-state index is 10.0. The SMILES string of the molecule is CCNCC(O)c1ccccc1C1CC1. The van der Waals surface area contributed by atoms with Crippen LogP contribution in [-0.4, -0.2) is 18.2 Å². The molecule has 0 radical (unpaired) electrons. The van der Waals surface area contributed by atoms with Gasteiger partial charge in [-0.25, -0.2) is 0 Å². The molecule has 1 fully saturated rings. The molecule has 0 aliphatic heterocycles. The van der Waals surface area contributed by atoms with Crippen LogP contribution in [0.1, 0.15) is 42.9 Å². The topological polar surface area (TPSA) is 32.3 Å². The molecule has 0 saturated heterocycles. The van der Waals surface area contributed by atoms with Crippen LogP contribution < -0.4 is 5.32 Å². The highest BCUT2D eigenvalue weighted by molar-refractivity contribution is 5.34. The molecule has 1 unspecified atom stereocenters. The summed E-state index contributed by atoms with van der Waals surface area (Å²) in [6, 6.07) is 8.28. The summed E-state index contributed by atoms with van der Waals surface area (Å²) < 4.78 is 0. The van der Waals surface area contributed by atoms with E-state index in [4.69, 9.17) is 0 Å². The van der Waals surface area contributed by atoms with Crippen LogP contribution >= 0.6 is 0 Å². The van der Waals surface area contributed by atoms with Crippen molar-refractivity contribution in [1.29, 1.82) is 0 Å². The first kappa shape index (κ1) is 10.7. The Labute approximate surface area is 91.3 Å². The number of nitrogens with one attached hydrogen (secondary N) is 1. The molecular weight excluding hydrogens is 186 g/mol. The van der Waals surface area contributed by atoms with Gasteiger partial charge in [-0.3, -0.25) is 0 Å². The monoisotopic (exact) mass is 205 g/mol. The van der Waals surface area contributed by atoms with Gasteiger partial charge in [0.15, 0.2) is 0 Å². The minimum Gasteiger partial charge on any atom is -0.387 e. The van der Waals surface area contributed by atoms with Gasteiger partial charge in [0.1, 0.15) is 0 Å². The molecule has 1 aromatic rings. The highest BCUT2D eigenvalue weighted by Crippen LogP contribution is 2.42. The van der Waals surface area contributed by atoms with Crippen molar-refractivity contribution in [2.75, 3.05) is 13.1 Å². The number of hydrogen-bond donors (Lipinski definition) is 2. The molecule has 2 N–H and O–H groups in total. The number of hydrogen-bond acceptors (Lipinski definition) is 2. The van der Waals surface area contributed by atoms with E-state index in [9.17, 15) is 5.11 Å². The van der Waals surface area contributed by atoms with Crippen LogP contribution in [0.2, 0.25) is 0 Å². The number of benzene rings is 1. The summed E-state index contributed by atoms with van der Waals surface area (Å²) in [7, 11) is 0. The van der Waals surface area contributed by atoms with Gasteiger partial charge in [0.05, 0.1) is 6.10 Å². The fraction of sp³-hybridized carbons (Fsp3) is 0.538. The van der Waals surface area contributed by atoms with Crippen molar-refractivity contribution < 1.29 is 5.11 Å². The molecule has 0 bridgehead atoms. The Balaban J connectivity index is 2.11. The van der Waals surface area contributed by atoms with E-state index in [0.717, 1.165) is 12.1 Å². The van der Waals surface area contributed by atoms with Crippen LogP contribution in [0.4, 0.5) is 0 Å². The van der Waals surface area contributed by atoms with Crippen molar-refractivity contribution in [2.24, 2.45) is 0 Å². The van der Waals surface area contributed by atoms with Crippen LogP contribution in [0.5, 0.6) is 0 Å². The molecule has 0 spiro atoms. The van der Waals surface area contributed by atoms with Gasteiger partial charge >= 0.3 is 0 Å². The van der Waals surface area contributed by atoms with Crippen LogP contribution in [0.3, 0.4) is 0 Å². The van der Waals surface area contributed by atoms with E-state index in [-0.39, 0.29) is 6.10 Å². The average Bonchev–Trinajstić information content (AvgIpc) is 3.09. The van der Waals surface area contributed by atoms with Crippen LogP contribution in [0.15, 0.2) is 24.3 Å². The predicted molar refractivity (Wildman–Crippen MR) is 61.9 cm³/mol. The summed E-state index contributed by atoms with van der Waals surface area (Å²) in [5, 5.41) is 13.2. The van der Waals surface area contributed by atoms with Crippen LogP contribution in [0.25, 0.3) is 0 Å². The smallest absolute Gasteiger partial charge is 0.0917 e. The second-order valence-electron chi connectivity index (χ2n) is 4.23. The quantitative estimate of drug-likeness (QED) is 0.772. The molecule has 0 amide bonds. The molecule has 1 atom stereocenters. The number of rotatable bonds is 5. The Kier molecular flexibility index (Phi) is 3.39. The first-order valence-corrected chi connectivity index (χ1v) is 5.80. The van der Waals surface area contributed by atoms with Crippen molar-refractivity contribution in [3.05, 3.63) is 35.4 Å². The highest BCUT2D eigenvalue weighted by atomic mass is 16.3. The Morgan fingerprint density at radius 3 is 2.80 bits per heavy atom. The lowest BCUT2D eigenvalue weighted by atomic mass is 9.99. The van der Waals surface area contributed by atoms with E-state index in [1.165, 1.54) is 18.4 Å². The minimum atomic E-state index is -0.359. The molecule has 2 nitrogen and oxygen atoms in total. The zero-order chi connectivity index (χ0) is 10.7. The third-order valence-electron chi connectivity index (χ3n) is 2.96. The highest BCUT2D eigenvalue weighted by Gasteiger charge is 2.27. The van der Waals surface area contributed by atoms with E-state index in [1.54, 1.807) is 0 Å². The number of likely N-dealkylation sites (N-methyl/N-ethyl adjacent to an activating group) is 1. The van der Waals surface area contributed by atoms with Gasteiger partial charge in [0.2, 0.25) is 0 Å². The summed E-state index contributed by atoms with van der Waals surface area (Å²) in [5.41, 5.74) is 2.46. The standard InChI is InChI=1S/C13H19NO/c1-2-14-9-13(15)12-6-4-3-5-11(12)10-7-8-10/h3-6,10,13-15H,2,7-9H2,1H3. The van der Waals surface area contributed by atoms with Gasteiger partial charge in [-0.1, -0.05) is 31.2 Å². The third-order valence-corrected chi connectivity index (χ3v) is 2.96. The van der Waals surface area contributed by atoms with E-state index >= 15 is 0 Å². The summed E-state index contributed by atoms with van der Waals surface area (Å²) >= 11 is 0. The lowest BCUT2D eigenvalue weighted by molar-refractivity contribution is 0.174. The molecule has 0 heterocycles. The van der Waals surface area contributed by atoms with Gasteiger partial charge in [0.25, 0.3) is 0 Å². The molecule has 0 aromatic heterocycles. The normalized spacial score (nSPS) is 17.7. The fourth-order valence-corrected chi connectivity index (χ4v) is 1.97. The summed E-state index contributed by atoms with van der Waals surface area (Å²) in [5.74, 6) is 0.706. The van der Waals surface area contributed by atoms with Gasteiger partial charge in [0, 0.05) is 6.54 Å². The molecule has 1 aromatic carbocycles. The molecule has 1 aliphatic rings. The Morgan fingerprint density at radius 1 is 1.40 bits per heavy atom. The van der Waals surface area contributed by atoms with Crippen molar-refractivity contribution >= 4 is 0 Å². The van der Waals surface area contributed by atoms with E-state index in [0.29, 0.717) is 12.5 Å². The first-order valence-electron chi connectivity index (χ1n) is 5.80. The predicted octanol–water partition coefficient (Wildman–Crippen LogP) is 2.21. The molecule has 15 heavy (non-hydrogen) atoms.